The zero-order valence-corrected chi connectivity index (χ0v) is 19.7. The van der Waals surface area contributed by atoms with Crippen LogP contribution in [0.15, 0.2) is 18.2 Å². The third kappa shape index (κ3) is 5.01. The van der Waals surface area contributed by atoms with Crippen LogP contribution in [-0.2, 0) is 6.42 Å². The van der Waals surface area contributed by atoms with E-state index < -0.39 is 0 Å². The van der Waals surface area contributed by atoms with Crippen molar-refractivity contribution in [3.05, 3.63) is 29.3 Å². The van der Waals surface area contributed by atoms with Gasteiger partial charge in [-0.3, -0.25) is 0 Å². The van der Waals surface area contributed by atoms with Gasteiger partial charge in [-0.1, -0.05) is 0 Å². The number of halogens is 2. The summed E-state index contributed by atoms with van der Waals surface area (Å²) >= 11 is 3.39. The molecule has 4 atom stereocenters. The maximum atomic E-state index is 2.78. The van der Waals surface area contributed by atoms with Crippen molar-refractivity contribution in [2.45, 2.75) is 70.1 Å². The summed E-state index contributed by atoms with van der Waals surface area (Å²) in [4.78, 5) is 2.30. The van der Waals surface area contributed by atoms with E-state index in [1.54, 1.807) is 18.4 Å². The standard InChI is InChI=1S/C21H32I2N/c1-15-7-4-9-17(21(15)24(2)3)14-13-16-8-5-11-19-20(23-19)12-6-10-18(16)22/h4,7,9,16,18-20H,5-6,8,10-14H2,1-3H3/q-1. The molecule has 0 aromatic heterocycles. The van der Waals surface area contributed by atoms with Crippen LogP contribution in [0.25, 0.3) is 0 Å². The summed E-state index contributed by atoms with van der Waals surface area (Å²) in [5.41, 5.74) is 4.42. The van der Waals surface area contributed by atoms with E-state index in [1.165, 1.54) is 57.6 Å². The number of anilines is 1. The molecule has 1 saturated carbocycles. The summed E-state index contributed by atoms with van der Waals surface area (Å²) < 4.78 is 3.33. The van der Waals surface area contributed by atoms with Gasteiger partial charge >= 0.3 is 174 Å². The molecule has 0 spiro atoms. The Labute approximate surface area is 172 Å². The van der Waals surface area contributed by atoms with Crippen LogP contribution >= 0.6 is 22.6 Å². The fraction of sp³-hybridized carbons (Fsp3) is 0.714. The van der Waals surface area contributed by atoms with Gasteiger partial charge in [0, 0.05) is 0 Å². The van der Waals surface area contributed by atoms with Gasteiger partial charge in [-0.15, -0.1) is 0 Å². The van der Waals surface area contributed by atoms with Crippen LogP contribution in [0.4, 0.5) is 5.69 Å². The van der Waals surface area contributed by atoms with Crippen molar-refractivity contribution in [1.29, 1.82) is 0 Å². The fourth-order valence-electron chi connectivity index (χ4n) is 4.38. The number of nitrogens with zero attached hydrogens (tertiary/aromatic N) is 1. The quantitative estimate of drug-likeness (QED) is 0.411. The van der Waals surface area contributed by atoms with E-state index in [1.807, 2.05) is 0 Å². The van der Waals surface area contributed by atoms with Crippen LogP contribution in [0.1, 0.15) is 56.1 Å². The Bertz CT molecular complexity index is 543. The van der Waals surface area contributed by atoms with E-state index in [0.717, 1.165) is 9.84 Å². The van der Waals surface area contributed by atoms with Crippen molar-refractivity contribution in [2.75, 3.05) is 19.0 Å². The van der Waals surface area contributed by atoms with E-state index in [0.29, 0.717) is 21.2 Å². The Kier molecular flexibility index (Phi) is 7.15. The monoisotopic (exact) mass is 552 g/mol. The minimum atomic E-state index is 0.613. The van der Waals surface area contributed by atoms with Gasteiger partial charge in [-0.05, 0) is 0 Å². The molecule has 0 bridgehead atoms. The molecule has 1 aliphatic carbocycles. The molecule has 1 aromatic rings. The molecule has 1 nitrogen and oxygen atoms in total. The summed E-state index contributed by atoms with van der Waals surface area (Å²) in [6.07, 6.45) is 11.7. The predicted molar refractivity (Wildman–Crippen MR) is 110 cm³/mol. The van der Waals surface area contributed by atoms with Crippen LogP contribution in [0, 0.1) is 12.8 Å². The third-order valence-electron chi connectivity index (χ3n) is 5.73. The number of fused-ring (bicyclic) bond motifs is 1. The number of benzene rings is 1. The molecular weight excluding hydrogens is 520 g/mol. The van der Waals surface area contributed by atoms with E-state index >= 15 is 0 Å². The first kappa shape index (κ1) is 19.2. The molecule has 1 aliphatic heterocycles. The minimum absolute atomic E-state index is 0.613. The van der Waals surface area contributed by atoms with Crippen LogP contribution in [-0.4, -0.2) is 25.9 Å². The first-order valence-electron chi connectivity index (χ1n) is 9.58. The van der Waals surface area contributed by atoms with Gasteiger partial charge in [0.05, 0.1) is 0 Å². The second kappa shape index (κ2) is 8.92. The SMILES string of the molecule is Cc1cccc(CCC2CCCC3[I-]C3CCCC2I)c1N(C)C. The number of hydrogen-bond donors (Lipinski definition) is 0. The molecular formula is C21H32I2N-. The van der Waals surface area contributed by atoms with Gasteiger partial charge in [0.2, 0.25) is 0 Å². The fourth-order valence-corrected chi connectivity index (χ4v) is 8.81. The van der Waals surface area contributed by atoms with Crippen LogP contribution < -0.4 is 26.1 Å². The molecule has 24 heavy (non-hydrogen) atoms. The second-order valence-electron chi connectivity index (χ2n) is 7.81. The summed E-state index contributed by atoms with van der Waals surface area (Å²) in [6, 6.07) is 6.84. The molecule has 0 radical (unpaired) electrons. The predicted octanol–water partition coefficient (Wildman–Crippen LogP) is 2.61. The molecule has 2 fully saturated rings. The van der Waals surface area contributed by atoms with Crippen molar-refractivity contribution in [1.82, 2.24) is 0 Å². The topological polar surface area (TPSA) is 3.24 Å². The normalized spacial score (nSPS) is 30.8. The third-order valence-corrected chi connectivity index (χ3v) is 11.4. The van der Waals surface area contributed by atoms with E-state index in [9.17, 15) is 0 Å². The Morgan fingerprint density at radius 3 is 2.50 bits per heavy atom. The molecule has 4 unspecified atom stereocenters. The summed E-state index contributed by atoms with van der Waals surface area (Å²) in [5.74, 6) is 0.926. The van der Waals surface area contributed by atoms with Crippen molar-refractivity contribution in [2.24, 2.45) is 5.92 Å². The molecule has 3 rings (SSSR count). The number of aryl methyl sites for hydroxylation is 2. The number of alkyl halides is 3. The van der Waals surface area contributed by atoms with Gasteiger partial charge in [-0.25, -0.2) is 0 Å². The number of para-hydroxylation sites is 1. The summed E-state index contributed by atoms with van der Waals surface area (Å²) in [6.45, 7) is 2.25. The van der Waals surface area contributed by atoms with Gasteiger partial charge in [0.25, 0.3) is 0 Å². The zero-order chi connectivity index (χ0) is 17.1. The first-order chi connectivity index (χ1) is 11.6. The second-order valence-corrected chi connectivity index (χ2v) is 13.3. The van der Waals surface area contributed by atoms with Crippen molar-refractivity contribution in [3.8, 4) is 0 Å². The Morgan fingerprint density at radius 1 is 1.08 bits per heavy atom. The summed E-state index contributed by atoms with van der Waals surface area (Å²) in [7, 11) is 4.37. The molecule has 1 saturated heterocycles. The van der Waals surface area contributed by atoms with E-state index in [-0.39, 0.29) is 0 Å². The zero-order valence-electron chi connectivity index (χ0n) is 15.4. The van der Waals surface area contributed by atoms with E-state index in [2.05, 4.69) is 66.7 Å². The number of rotatable bonds is 4. The van der Waals surface area contributed by atoms with Crippen molar-refractivity contribution < 1.29 is 21.2 Å². The first-order valence-corrected chi connectivity index (χ1v) is 13.3. The average Bonchev–Trinajstić information content (AvgIpc) is 3.28. The van der Waals surface area contributed by atoms with Gasteiger partial charge in [-0.2, -0.15) is 0 Å². The van der Waals surface area contributed by atoms with Crippen molar-refractivity contribution in [3.63, 3.8) is 0 Å². The molecule has 0 N–H and O–H groups in total. The van der Waals surface area contributed by atoms with Crippen LogP contribution in [0.5, 0.6) is 0 Å². The summed E-state index contributed by atoms with van der Waals surface area (Å²) in [5, 5.41) is 0. The molecule has 2 aliphatic rings. The van der Waals surface area contributed by atoms with E-state index in [4.69, 9.17) is 0 Å². The number of hydrogen-bond acceptors (Lipinski definition) is 1. The Morgan fingerprint density at radius 2 is 1.79 bits per heavy atom. The van der Waals surface area contributed by atoms with Crippen LogP contribution in [0.3, 0.4) is 0 Å². The Hall–Kier alpha value is 0.480. The molecule has 1 heterocycles. The Balaban J connectivity index is 1.62. The average molecular weight is 552 g/mol. The molecule has 3 heteroatoms. The van der Waals surface area contributed by atoms with Crippen LogP contribution in [0.2, 0.25) is 0 Å². The maximum absolute atomic E-state index is 2.78. The molecule has 1 aromatic carbocycles. The molecule has 0 amide bonds. The molecule has 136 valence electrons. The van der Waals surface area contributed by atoms with Gasteiger partial charge in [0.15, 0.2) is 0 Å². The van der Waals surface area contributed by atoms with Crippen molar-refractivity contribution >= 4 is 28.3 Å². The van der Waals surface area contributed by atoms with Gasteiger partial charge < -0.3 is 0 Å². The van der Waals surface area contributed by atoms with Gasteiger partial charge in [0.1, 0.15) is 0 Å².